The molecule has 0 saturated carbocycles. The lowest BCUT2D eigenvalue weighted by molar-refractivity contribution is -0.120. The largest absolute Gasteiger partial charge is 0.445 e. The molecule has 1 fully saturated rings. The number of ether oxygens (including phenoxy) is 1. The summed E-state index contributed by atoms with van der Waals surface area (Å²) in [6.45, 7) is 2.75. The van der Waals surface area contributed by atoms with E-state index in [-0.39, 0.29) is 12.5 Å². The van der Waals surface area contributed by atoms with Crippen LogP contribution < -0.4 is 5.32 Å². The van der Waals surface area contributed by atoms with Gasteiger partial charge in [0, 0.05) is 28.8 Å². The molecule has 0 aliphatic carbocycles. The van der Waals surface area contributed by atoms with Crippen LogP contribution in [0.5, 0.6) is 0 Å². The molecule has 4 aromatic rings. The van der Waals surface area contributed by atoms with Crippen LogP contribution >= 0.6 is 0 Å². The van der Waals surface area contributed by atoms with Crippen molar-refractivity contribution in [2.45, 2.75) is 32.4 Å². The SMILES string of the molecule is Cc1cc2cc(-c3cccc(NC(=O)[C@@H]4CCCN4C(=O)OCc4ccccc4)c3)ccc2[nH]1. The number of carbonyl (C=O) groups excluding carboxylic acids is 2. The average molecular weight is 454 g/mol. The lowest BCUT2D eigenvalue weighted by Crippen LogP contribution is -2.43. The molecule has 3 aromatic carbocycles. The number of aryl methyl sites for hydroxylation is 1. The highest BCUT2D eigenvalue weighted by molar-refractivity contribution is 5.97. The van der Waals surface area contributed by atoms with Gasteiger partial charge in [-0.3, -0.25) is 9.69 Å². The predicted octanol–water partition coefficient (Wildman–Crippen LogP) is 5.88. The van der Waals surface area contributed by atoms with Crippen LogP contribution in [-0.4, -0.2) is 34.5 Å². The van der Waals surface area contributed by atoms with Crippen molar-refractivity contribution in [3.63, 3.8) is 0 Å². The molecule has 6 heteroatoms. The zero-order chi connectivity index (χ0) is 23.5. The van der Waals surface area contributed by atoms with E-state index in [1.807, 2.05) is 61.5 Å². The standard InChI is InChI=1S/C28H27N3O3/c1-19-15-23-16-22(12-13-25(23)29-19)21-9-5-10-24(17-21)30-27(32)26-11-6-14-31(26)28(33)34-18-20-7-3-2-4-8-20/h2-5,7-10,12-13,15-17,26,29H,6,11,14,18H2,1H3,(H,30,32)/t26-/m0/s1. The summed E-state index contributed by atoms with van der Waals surface area (Å²) in [7, 11) is 0. The van der Waals surface area contributed by atoms with E-state index < -0.39 is 12.1 Å². The van der Waals surface area contributed by atoms with Crippen LogP contribution in [0.3, 0.4) is 0 Å². The Bertz CT molecular complexity index is 1330. The van der Waals surface area contributed by atoms with Gasteiger partial charge >= 0.3 is 6.09 Å². The Labute approximate surface area is 198 Å². The first-order valence-electron chi connectivity index (χ1n) is 11.5. The van der Waals surface area contributed by atoms with Crippen molar-refractivity contribution >= 4 is 28.6 Å². The number of aromatic amines is 1. The zero-order valence-electron chi connectivity index (χ0n) is 19.1. The van der Waals surface area contributed by atoms with E-state index in [1.165, 1.54) is 4.90 Å². The van der Waals surface area contributed by atoms with Crippen LogP contribution in [0, 0.1) is 6.92 Å². The number of nitrogens with one attached hydrogen (secondary N) is 2. The quantitative estimate of drug-likeness (QED) is 0.396. The molecule has 1 atom stereocenters. The molecule has 172 valence electrons. The molecule has 5 rings (SSSR count). The Morgan fingerprint density at radius 3 is 2.68 bits per heavy atom. The van der Waals surface area contributed by atoms with Gasteiger partial charge < -0.3 is 15.0 Å². The van der Waals surface area contributed by atoms with Crippen molar-refractivity contribution in [3.05, 3.63) is 90.1 Å². The first-order chi connectivity index (χ1) is 16.6. The third-order valence-electron chi connectivity index (χ3n) is 6.21. The van der Waals surface area contributed by atoms with Crippen molar-refractivity contribution in [1.29, 1.82) is 0 Å². The lowest BCUT2D eigenvalue weighted by Gasteiger charge is -2.23. The first kappa shape index (κ1) is 21.8. The minimum atomic E-state index is -0.536. The summed E-state index contributed by atoms with van der Waals surface area (Å²) in [5.41, 5.74) is 5.94. The highest BCUT2D eigenvalue weighted by atomic mass is 16.6. The predicted molar refractivity (Wildman–Crippen MR) is 133 cm³/mol. The van der Waals surface area contributed by atoms with Gasteiger partial charge in [-0.25, -0.2) is 4.79 Å². The summed E-state index contributed by atoms with van der Waals surface area (Å²) < 4.78 is 5.46. The second kappa shape index (κ2) is 9.43. The van der Waals surface area contributed by atoms with E-state index in [4.69, 9.17) is 4.74 Å². The van der Waals surface area contributed by atoms with E-state index in [9.17, 15) is 9.59 Å². The normalized spacial score (nSPS) is 15.4. The molecule has 2 heterocycles. The number of carbonyl (C=O) groups is 2. The maximum atomic E-state index is 13.1. The average Bonchev–Trinajstić information content (AvgIpc) is 3.49. The van der Waals surface area contributed by atoms with Crippen molar-refractivity contribution in [1.82, 2.24) is 9.88 Å². The number of likely N-dealkylation sites (tertiary alicyclic amines) is 1. The fourth-order valence-electron chi connectivity index (χ4n) is 4.52. The molecule has 0 spiro atoms. The molecule has 0 unspecified atom stereocenters. The third kappa shape index (κ3) is 4.66. The van der Waals surface area contributed by atoms with E-state index in [0.717, 1.165) is 39.7 Å². The Hall–Kier alpha value is -4.06. The van der Waals surface area contributed by atoms with E-state index >= 15 is 0 Å². The Kier molecular flexibility index (Phi) is 6.04. The van der Waals surface area contributed by atoms with Crippen LogP contribution in [0.25, 0.3) is 22.0 Å². The second-order valence-corrected chi connectivity index (χ2v) is 8.72. The fraction of sp³-hybridized carbons (Fsp3) is 0.214. The van der Waals surface area contributed by atoms with Gasteiger partial charge in [-0.05, 0) is 66.8 Å². The Balaban J connectivity index is 1.26. The van der Waals surface area contributed by atoms with Gasteiger partial charge in [0.15, 0.2) is 0 Å². The highest BCUT2D eigenvalue weighted by Crippen LogP contribution is 2.27. The fourth-order valence-corrected chi connectivity index (χ4v) is 4.52. The first-order valence-corrected chi connectivity index (χ1v) is 11.5. The van der Waals surface area contributed by atoms with Gasteiger partial charge in [-0.1, -0.05) is 48.5 Å². The summed E-state index contributed by atoms with van der Waals surface area (Å²) in [6, 6.07) is 25.2. The maximum Gasteiger partial charge on any atom is 0.410 e. The summed E-state index contributed by atoms with van der Waals surface area (Å²) in [6.07, 6.45) is 0.940. The molecule has 0 radical (unpaired) electrons. The summed E-state index contributed by atoms with van der Waals surface area (Å²) >= 11 is 0. The minimum absolute atomic E-state index is 0.192. The van der Waals surface area contributed by atoms with Crippen molar-refractivity contribution < 1.29 is 14.3 Å². The molecule has 34 heavy (non-hydrogen) atoms. The van der Waals surface area contributed by atoms with Crippen LogP contribution in [-0.2, 0) is 16.1 Å². The van der Waals surface area contributed by atoms with Gasteiger partial charge in [0.05, 0.1) is 0 Å². The number of benzene rings is 3. The van der Waals surface area contributed by atoms with Crippen LogP contribution in [0.4, 0.5) is 10.5 Å². The number of nitrogens with zero attached hydrogens (tertiary/aromatic N) is 1. The number of amides is 2. The number of hydrogen-bond acceptors (Lipinski definition) is 3. The number of hydrogen-bond donors (Lipinski definition) is 2. The molecular formula is C28H27N3O3. The molecular weight excluding hydrogens is 426 g/mol. The second-order valence-electron chi connectivity index (χ2n) is 8.72. The van der Waals surface area contributed by atoms with E-state index in [0.29, 0.717) is 18.7 Å². The van der Waals surface area contributed by atoms with E-state index in [1.54, 1.807) is 0 Å². The summed E-state index contributed by atoms with van der Waals surface area (Å²) in [4.78, 5) is 30.6. The van der Waals surface area contributed by atoms with Gasteiger partial charge in [0.25, 0.3) is 0 Å². The van der Waals surface area contributed by atoms with Crippen molar-refractivity contribution in [2.24, 2.45) is 0 Å². The Morgan fingerprint density at radius 2 is 1.82 bits per heavy atom. The molecule has 1 aliphatic rings. The number of H-pyrrole nitrogens is 1. The van der Waals surface area contributed by atoms with Crippen molar-refractivity contribution in [3.8, 4) is 11.1 Å². The molecule has 2 amide bonds. The van der Waals surface area contributed by atoms with Crippen LogP contribution in [0.2, 0.25) is 0 Å². The van der Waals surface area contributed by atoms with Gasteiger partial charge in [0.1, 0.15) is 12.6 Å². The van der Waals surface area contributed by atoms with Crippen LogP contribution in [0.15, 0.2) is 78.9 Å². The Morgan fingerprint density at radius 1 is 1.00 bits per heavy atom. The summed E-state index contributed by atoms with van der Waals surface area (Å²) in [5.74, 6) is -0.192. The van der Waals surface area contributed by atoms with Crippen LogP contribution in [0.1, 0.15) is 24.1 Å². The van der Waals surface area contributed by atoms with Gasteiger partial charge in [-0.15, -0.1) is 0 Å². The van der Waals surface area contributed by atoms with E-state index in [2.05, 4.69) is 34.6 Å². The van der Waals surface area contributed by atoms with Gasteiger partial charge in [0.2, 0.25) is 5.91 Å². The highest BCUT2D eigenvalue weighted by Gasteiger charge is 2.35. The number of fused-ring (bicyclic) bond motifs is 1. The third-order valence-corrected chi connectivity index (χ3v) is 6.21. The molecule has 1 aliphatic heterocycles. The topological polar surface area (TPSA) is 74.4 Å². The molecule has 1 saturated heterocycles. The molecule has 6 nitrogen and oxygen atoms in total. The smallest absolute Gasteiger partial charge is 0.410 e. The zero-order valence-corrected chi connectivity index (χ0v) is 19.1. The maximum absolute atomic E-state index is 13.1. The molecule has 2 N–H and O–H groups in total. The number of aromatic nitrogens is 1. The number of anilines is 1. The minimum Gasteiger partial charge on any atom is -0.445 e. The van der Waals surface area contributed by atoms with Crippen molar-refractivity contribution in [2.75, 3.05) is 11.9 Å². The van der Waals surface area contributed by atoms with Gasteiger partial charge in [-0.2, -0.15) is 0 Å². The monoisotopic (exact) mass is 453 g/mol. The lowest BCUT2D eigenvalue weighted by atomic mass is 10.0. The molecule has 1 aromatic heterocycles. The summed E-state index contributed by atoms with van der Waals surface area (Å²) in [5, 5.41) is 4.15. The molecule has 0 bridgehead atoms. The number of rotatable bonds is 5.